The van der Waals surface area contributed by atoms with Crippen LogP contribution in [-0.2, 0) is 9.53 Å². The maximum atomic E-state index is 14.4. The standard InChI is InChI=1S/C19H24ClFN2O3/c1-3-9-26-17-11-16(14(21)10-13(17)20)23-18(19(24)25-4-2)12-7-5-6-8-15(12)22/h1,10-12,15,18,23H,4-9,22H2,2H3. The van der Waals surface area contributed by atoms with Gasteiger partial charge in [0.1, 0.15) is 24.2 Å². The van der Waals surface area contributed by atoms with Gasteiger partial charge in [-0.2, -0.15) is 0 Å². The first-order valence-corrected chi connectivity index (χ1v) is 9.09. The Morgan fingerprint density at radius 1 is 1.50 bits per heavy atom. The maximum Gasteiger partial charge on any atom is 0.328 e. The number of terminal acetylenes is 1. The van der Waals surface area contributed by atoms with Crippen molar-refractivity contribution in [2.45, 2.75) is 44.7 Å². The van der Waals surface area contributed by atoms with Gasteiger partial charge in [-0.1, -0.05) is 30.4 Å². The van der Waals surface area contributed by atoms with E-state index >= 15 is 0 Å². The van der Waals surface area contributed by atoms with E-state index in [0.29, 0.717) is 0 Å². The molecule has 1 fully saturated rings. The van der Waals surface area contributed by atoms with Crippen molar-refractivity contribution in [1.29, 1.82) is 0 Å². The summed E-state index contributed by atoms with van der Waals surface area (Å²) in [7, 11) is 0. The number of ether oxygens (including phenoxy) is 2. The van der Waals surface area contributed by atoms with Crippen LogP contribution in [0.15, 0.2) is 12.1 Å². The molecule has 0 radical (unpaired) electrons. The van der Waals surface area contributed by atoms with Gasteiger partial charge >= 0.3 is 5.97 Å². The summed E-state index contributed by atoms with van der Waals surface area (Å²) in [5, 5.41) is 3.06. The highest BCUT2D eigenvalue weighted by atomic mass is 35.5. The Hall–Kier alpha value is -1.97. The highest BCUT2D eigenvalue weighted by Crippen LogP contribution is 2.33. The fourth-order valence-electron chi connectivity index (χ4n) is 3.21. The number of carbonyl (C=O) groups excluding carboxylic acids is 1. The first kappa shape index (κ1) is 20.3. The molecule has 26 heavy (non-hydrogen) atoms. The van der Waals surface area contributed by atoms with Crippen LogP contribution < -0.4 is 15.8 Å². The van der Waals surface area contributed by atoms with Crippen LogP contribution in [0.25, 0.3) is 0 Å². The summed E-state index contributed by atoms with van der Waals surface area (Å²) in [6.45, 7) is 1.96. The Bertz CT molecular complexity index is 677. The summed E-state index contributed by atoms with van der Waals surface area (Å²) in [5.41, 5.74) is 6.31. The lowest BCUT2D eigenvalue weighted by Crippen LogP contribution is -2.48. The van der Waals surface area contributed by atoms with Crippen molar-refractivity contribution in [2.75, 3.05) is 18.5 Å². The van der Waals surface area contributed by atoms with E-state index < -0.39 is 17.8 Å². The SMILES string of the molecule is C#CCOc1cc(NC(C(=O)OCC)C2CCCCC2N)c(F)cc1Cl. The second-order valence-electron chi connectivity index (χ2n) is 6.24. The number of nitrogens with one attached hydrogen (secondary N) is 1. The van der Waals surface area contributed by atoms with Crippen molar-refractivity contribution in [1.82, 2.24) is 0 Å². The lowest BCUT2D eigenvalue weighted by atomic mass is 9.80. The van der Waals surface area contributed by atoms with Crippen LogP contribution in [0.3, 0.4) is 0 Å². The molecule has 5 nitrogen and oxygen atoms in total. The highest BCUT2D eigenvalue weighted by Gasteiger charge is 2.35. The Kier molecular flexibility index (Phi) is 7.55. The number of benzene rings is 1. The number of carbonyl (C=O) groups is 1. The van der Waals surface area contributed by atoms with Gasteiger partial charge in [0, 0.05) is 18.0 Å². The summed E-state index contributed by atoms with van der Waals surface area (Å²) >= 11 is 5.98. The Balaban J connectivity index is 2.29. The molecular formula is C19H24ClFN2O3. The second kappa shape index (κ2) is 9.65. The van der Waals surface area contributed by atoms with Gasteiger partial charge in [-0.15, -0.1) is 6.42 Å². The summed E-state index contributed by atoms with van der Waals surface area (Å²) in [4.78, 5) is 12.5. The van der Waals surface area contributed by atoms with Gasteiger partial charge in [0.15, 0.2) is 0 Å². The Morgan fingerprint density at radius 3 is 2.88 bits per heavy atom. The van der Waals surface area contributed by atoms with Crippen LogP contribution in [0.2, 0.25) is 5.02 Å². The Labute approximate surface area is 158 Å². The Morgan fingerprint density at radius 2 is 2.23 bits per heavy atom. The zero-order valence-corrected chi connectivity index (χ0v) is 15.5. The van der Waals surface area contributed by atoms with Crippen molar-refractivity contribution >= 4 is 23.3 Å². The third kappa shape index (κ3) is 5.03. The second-order valence-corrected chi connectivity index (χ2v) is 6.65. The third-order valence-electron chi connectivity index (χ3n) is 4.49. The summed E-state index contributed by atoms with van der Waals surface area (Å²) in [6, 6.07) is 1.62. The van der Waals surface area contributed by atoms with Gasteiger partial charge in [0.05, 0.1) is 17.3 Å². The molecule has 7 heteroatoms. The van der Waals surface area contributed by atoms with Crippen LogP contribution >= 0.6 is 11.6 Å². The molecule has 0 saturated heterocycles. The molecule has 3 unspecified atom stereocenters. The van der Waals surface area contributed by atoms with E-state index in [4.69, 9.17) is 33.2 Å². The fraction of sp³-hybridized carbons (Fsp3) is 0.526. The minimum Gasteiger partial charge on any atom is -0.479 e. The lowest BCUT2D eigenvalue weighted by molar-refractivity contribution is -0.145. The predicted octanol–water partition coefficient (Wildman–Crippen LogP) is 3.35. The number of hydrogen-bond donors (Lipinski definition) is 2. The van der Waals surface area contributed by atoms with Crippen LogP contribution in [0.4, 0.5) is 10.1 Å². The third-order valence-corrected chi connectivity index (χ3v) is 4.78. The number of nitrogens with two attached hydrogens (primary N) is 1. The zero-order valence-electron chi connectivity index (χ0n) is 14.8. The summed E-state index contributed by atoms with van der Waals surface area (Å²) in [6.07, 6.45) is 8.76. The molecule has 3 N–H and O–H groups in total. The molecule has 1 aliphatic rings. The fourth-order valence-corrected chi connectivity index (χ4v) is 3.42. The van der Waals surface area contributed by atoms with Crippen molar-refractivity contribution in [2.24, 2.45) is 11.7 Å². The minimum absolute atomic E-state index is 0.000400. The largest absolute Gasteiger partial charge is 0.479 e. The summed E-state index contributed by atoms with van der Waals surface area (Å²) in [5.74, 6) is 1.38. The molecule has 0 bridgehead atoms. The number of halogens is 2. The number of hydrogen-bond acceptors (Lipinski definition) is 5. The molecule has 1 aromatic rings. The molecule has 0 amide bonds. The molecule has 1 saturated carbocycles. The first-order chi connectivity index (χ1) is 12.5. The molecule has 0 heterocycles. The van der Waals surface area contributed by atoms with Crippen LogP contribution in [0, 0.1) is 24.1 Å². The molecule has 1 aromatic carbocycles. The van der Waals surface area contributed by atoms with E-state index in [9.17, 15) is 9.18 Å². The van der Waals surface area contributed by atoms with Crippen molar-refractivity contribution in [3.05, 3.63) is 23.0 Å². The van der Waals surface area contributed by atoms with Gasteiger partial charge in [-0.25, -0.2) is 9.18 Å². The van der Waals surface area contributed by atoms with Crippen LogP contribution in [0.5, 0.6) is 5.75 Å². The normalized spacial score (nSPS) is 20.7. The summed E-state index contributed by atoms with van der Waals surface area (Å²) < 4.78 is 24.9. The van der Waals surface area contributed by atoms with E-state index in [0.717, 1.165) is 31.7 Å². The van der Waals surface area contributed by atoms with E-state index in [1.54, 1.807) is 6.92 Å². The molecular weight excluding hydrogens is 359 g/mol. The number of rotatable bonds is 7. The topological polar surface area (TPSA) is 73.6 Å². The molecule has 0 spiro atoms. The lowest BCUT2D eigenvalue weighted by Gasteiger charge is -2.34. The molecule has 3 atom stereocenters. The average Bonchev–Trinajstić information content (AvgIpc) is 2.61. The van der Waals surface area contributed by atoms with Crippen molar-refractivity contribution in [3.63, 3.8) is 0 Å². The molecule has 142 valence electrons. The number of anilines is 1. The highest BCUT2D eigenvalue weighted by molar-refractivity contribution is 6.32. The van der Waals surface area contributed by atoms with E-state index in [2.05, 4.69) is 11.2 Å². The molecule has 2 rings (SSSR count). The van der Waals surface area contributed by atoms with Gasteiger partial charge in [-0.3, -0.25) is 0 Å². The van der Waals surface area contributed by atoms with Crippen LogP contribution in [-0.4, -0.2) is 31.3 Å². The van der Waals surface area contributed by atoms with Crippen molar-refractivity contribution < 1.29 is 18.7 Å². The number of esters is 1. The van der Waals surface area contributed by atoms with Gasteiger partial charge in [0.25, 0.3) is 0 Å². The maximum absolute atomic E-state index is 14.4. The van der Waals surface area contributed by atoms with E-state index in [1.165, 1.54) is 6.07 Å². The smallest absolute Gasteiger partial charge is 0.328 e. The van der Waals surface area contributed by atoms with Gasteiger partial charge < -0.3 is 20.5 Å². The van der Waals surface area contributed by atoms with E-state index in [1.807, 2.05) is 0 Å². The monoisotopic (exact) mass is 382 g/mol. The van der Waals surface area contributed by atoms with Crippen LogP contribution in [0.1, 0.15) is 32.6 Å². The molecule has 1 aliphatic carbocycles. The van der Waals surface area contributed by atoms with Gasteiger partial charge in [0.2, 0.25) is 0 Å². The molecule has 0 aromatic heterocycles. The minimum atomic E-state index is -0.749. The average molecular weight is 383 g/mol. The van der Waals surface area contributed by atoms with Gasteiger partial charge in [-0.05, 0) is 25.8 Å². The zero-order chi connectivity index (χ0) is 19.1. The first-order valence-electron chi connectivity index (χ1n) is 8.72. The van der Waals surface area contributed by atoms with Crippen molar-refractivity contribution in [3.8, 4) is 18.1 Å². The quantitative estimate of drug-likeness (QED) is 0.558. The van der Waals surface area contributed by atoms with E-state index in [-0.39, 0.29) is 41.6 Å². The predicted molar refractivity (Wildman–Crippen MR) is 99.7 cm³/mol. The molecule has 0 aliphatic heterocycles.